The van der Waals surface area contributed by atoms with Crippen LogP contribution < -0.4 is 14.8 Å². The van der Waals surface area contributed by atoms with Crippen LogP contribution in [0.1, 0.15) is 22.8 Å². The number of carbonyl (C=O) groups is 3. The van der Waals surface area contributed by atoms with E-state index in [4.69, 9.17) is 14.2 Å². The number of carbonyl (C=O) groups excluding carboxylic acids is 3. The third-order valence-electron chi connectivity index (χ3n) is 4.81. The summed E-state index contributed by atoms with van der Waals surface area (Å²) in [5.74, 6) is -0.387. The lowest BCUT2D eigenvalue weighted by molar-refractivity contribution is -0.153. The van der Waals surface area contributed by atoms with Gasteiger partial charge in [-0.05, 0) is 25.1 Å². The topological polar surface area (TPSA) is 94.2 Å². The summed E-state index contributed by atoms with van der Waals surface area (Å²) < 4.78 is 16.1. The summed E-state index contributed by atoms with van der Waals surface area (Å²) in [4.78, 5) is 38.5. The number of ether oxygens (including phenoxy) is 3. The number of nitrogens with one attached hydrogen (secondary N) is 1. The van der Waals surface area contributed by atoms with Gasteiger partial charge in [-0.2, -0.15) is 0 Å². The van der Waals surface area contributed by atoms with Crippen molar-refractivity contribution in [1.82, 2.24) is 4.90 Å². The fraction of sp³-hybridized carbons (Fsp3) is 0.227. The molecule has 2 aromatic rings. The second-order valence-electron chi connectivity index (χ2n) is 6.86. The molecule has 2 aromatic carbocycles. The number of nitrogens with zero attached hydrogens (tertiary/aromatic N) is 1. The molecular formula is C22H20N2O6. The van der Waals surface area contributed by atoms with E-state index in [1.54, 1.807) is 42.5 Å². The molecule has 1 unspecified atom stereocenters. The zero-order valence-corrected chi connectivity index (χ0v) is 16.3. The Kier molecular flexibility index (Phi) is 5.14. The zero-order valence-electron chi connectivity index (χ0n) is 16.3. The van der Waals surface area contributed by atoms with Crippen LogP contribution in [-0.2, 0) is 14.3 Å². The van der Waals surface area contributed by atoms with Gasteiger partial charge in [0, 0.05) is 28.6 Å². The van der Waals surface area contributed by atoms with Crippen molar-refractivity contribution in [1.29, 1.82) is 0 Å². The van der Waals surface area contributed by atoms with E-state index in [1.165, 1.54) is 11.8 Å². The monoisotopic (exact) mass is 408 g/mol. The first kappa shape index (κ1) is 19.5. The third kappa shape index (κ3) is 3.71. The Balaban J connectivity index is 1.34. The summed E-state index contributed by atoms with van der Waals surface area (Å²) in [7, 11) is 0. The molecule has 8 nitrogen and oxygen atoms in total. The lowest BCUT2D eigenvalue weighted by atomic mass is 10.1. The normalized spacial score (nSPS) is 15.4. The first-order chi connectivity index (χ1) is 14.4. The molecule has 2 aliphatic rings. The van der Waals surface area contributed by atoms with Gasteiger partial charge in [-0.3, -0.25) is 19.3 Å². The molecule has 154 valence electrons. The molecule has 30 heavy (non-hydrogen) atoms. The van der Waals surface area contributed by atoms with E-state index in [0.717, 1.165) is 0 Å². The number of fused-ring (bicyclic) bond motifs is 2. The summed E-state index contributed by atoms with van der Waals surface area (Å²) in [5, 5.41) is 2.67. The van der Waals surface area contributed by atoms with Crippen LogP contribution in [-0.4, -0.2) is 48.5 Å². The van der Waals surface area contributed by atoms with Crippen LogP contribution in [0.3, 0.4) is 0 Å². The predicted octanol–water partition coefficient (Wildman–Crippen LogP) is 2.45. The van der Waals surface area contributed by atoms with E-state index in [9.17, 15) is 14.4 Å². The Hall–Kier alpha value is -3.81. The van der Waals surface area contributed by atoms with Crippen molar-refractivity contribution in [3.05, 3.63) is 60.2 Å². The van der Waals surface area contributed by atoms with E-state index < -0.39 is 18.0 Å². The van der Waals surface area contributed by atoms with Crippen molar-refractivity contribution < 1.29 is 28.6 Å². The number of rotatable bonds is 5. The second-order valence-corrected chi connectivity index (χ2v) is 6.86. The molecule has 0 aliphatic carbocycles. The molecule has 4 rings (SSSR count). The van der Waals surface area contributed by atoms with Crippen LogP contribution >= 0.6 is 0 Å². The molecule has 0 saturated heterocycles. The minimum atomic E-state index is -1.06. The van der Waals surface area contributed by atoms with Gasteiger partial charge in [0.2, 0.25) is 0 Å². The van der Waals surface area contributed by atoms with E-state index in [-0.39, 0.29) is 12.5 Å². The Morgan fingerprint density at radius 1 is 1.13 bits per heavy atom. The van der Waals surface area contributed by atoms with E-state index in [0.29, 0.717) is 47.2 Å². The van der Waals surface area contributed by atoms with Gasteiger partial charge in [0.05, 0.1) is 0 Å². The van der Waals surface area contributed by atoms with Crippen molar-refractivity contribution in [3.8, 4) is 11.5 Å². The fourth-order valence-electron chi connectivity index (χ4n) is 3.28. The zero-order chi connectivity index (χ0) is 21.3. The van der Waals surface area contributed by atoms with Crippen LogP contribution in [0.2, 0.25) is 0 Å². The van der Waals surface area contributed by atoms with Crippen molar-refractivity contribution in [2.45, 2.75) is 13.0 Å². The molecule has 0 radical (unpaired) electrons. The molecule has 0 fully saturated rings. The van der Waals surface area contributed by atoms with E-state index in [2.05, 4.69) is 11.9 Å². The average Bonchev–Trinajstić information content (AvgIpc) is 2.98. The van der Waals surface area contributed by atoms with Crippen molar-refractivity contribution in [3.63, 3.8) is 0 Å². The van der Waals surface area contributed by atoms with Gasteiger partial charge < -0.3 is 19.5 Å². The van der Waals surface area contributed by atoms with Crippen LogP contribution in [0.5, 0.6) is 11.5 Å². The molecule has 0 saturated carbocycles. The molecule has 0 aromatic heterocycles. The molecule has 2 amide bonds. The van der Waals surface area contributed by atoms with Gasteiger partial charge >= 0.3 is 5.97 Å². The van der Waals surface area contributed by atoms with Crippen LogP contribution in [0.25, 0.3) is 5.70 Å². The Labute approximate surface area is 173 Å². The molecule has 1 N–H and O–H groups in total. The predicted molar refractivity (Wildman–Crippen MR) is 108 cm³/mol. The summed E-state index contributed by atoms with van der Waals surface area (Å²) in [6.45, 7) is 5.92. The Morgan fingerprint density at radius 3 is 2.57 bits per heavy atom. The van der Waals surface area contributed by atoms with Gasteiger partial charge in [0.25, 0.3) is 11.8 Å². The second kappa shape index (κ2) is 7.90. The molecule has 1 atom stereocenters. The van der Waals surface area contributed by atoms with Gasteiger partial charge in [0.15, 0.2) is 17.6 Å². The minimum Gasteiger partial charge on any atom is -0.486 e. The maximum absolute atomic E-state index is 12.5. The van der Waals surface area contributed by atoms with Crippen molar-refractivity contribution in [2.24, 2.45) is 0 Å². The smallest absolute Gasteiger partial charge is 0.326 e. The summed E-state index contributed by atoms with van der Waals surface area (Å²) in [6.07, 6.45) is -1.06. The van der Waals surface area contributed by atoms with Crippen molar-refractivity contribution >= 4 is 29.2 Å². The van der Waals surface area contributed by atoms with E-state index >= 15 is 0 Å². The largest absolute Gasteiger partial charge is 0.486 e. The number of esters is 1. The molecule has 0 spiro atoms. The standard InChI is InChI=1S/C22H20N2O6/c1-13-16-5-3-4-6-17(16)22(27)24(13)12-20(25)30-14(2)21(26)23-15-7-8-18-19(11-15)29-10-9-28-18/h3-8,11,14H,1,9-10,12H2,2H3,(H,23,26). The van der Waals surface area contributed by atoms with Crippen LogP contribution in [0, 0.1) is 0 Å². The van der Waals surface area contributed by atoms with E-state index in [1.807, 2.05) is 0 Å². The highest BCUT2D eigenvalue weighted by Gasteiger charge is 2.33. The third-order valence-corrected chi connectivity index (χ3v) is 4.81. The number of amides is 2. The van der Waals surface area contributed by atoms with Crippen molar-refractivity contribution in [2.75, 3.05) is 25.1 Å². The first-order valence-corrected chi connectivity index (χ1v) is 9.44. The number of anilines is 1. The fourth-order valence-corrected chi connectivity index (χ4v) is 3.28. The molecule has 2 heterocycles. The minimum absolute atomic E-state index is 0.319. The number of hydrogen-bond donors (Lipinski definition) is 1. The molecule has 2 aliphatic heterocycles. The maximum atomic E-state index is 12.5. The van der Waals surface area contributed by atoms with Crippen LogP contribution in [0.4, 0.5) is 5.69 Å². The highest BCUT2D eigenvalue weighted by Crippen LogP contribution is 2.33. The highest BCUT2D eigenvalue weighted by molar-refractivity contribution is 6.10. The lowest BCUT2D eigenvalue weighted by Gasteiger charge is -2.20. The highest BCUT2D eigenvalue weighted by atomic mass is 16.6. The van der Waals surface area contributed by atoms with Gasteiger partial charge in [0.1, 0.15) is 19.8 Å². The SMILES string of the molecule is C=C1c2ccccc2C(=O)N1CC(=O)OC(C)C(=O)Nc1ccc2c(c1)OCCO2. The summed E-state index contributed by atoms with van der Waals surface area (Å²) >= 11 is 0. The average molecular weight is 408 g/mol. The Bertz CT molecular complexity index is 1010. The van der Waals surface area contributed by atoms with Gasteiger partial charge in [-0.25, -0.2) is 0 Å². The van der Waals surface area contributed by atoms with Gasteiger partial charge in [-0.15, -0.1) is 0 Å². The molecule has 8 heteroatoms. The molecule has 0 bridgehead atoms. The number of hydrogen-bond acceptors (Lipinski definition) is 6. The Morgan fingerprint density at radius 2 is 1.83 bits per heavy atom. The van der Waals surface area contributed by atoms with Crippen LogP contribution in [0.15, 0.2) is 49.0 Å². The number of benzene rings is 2. The quantitative estimate of drug-likeness (QED) is 0.764. The lowest BCUT2D eigenvalue weighted by Crippen LogP contribution is -2.35. The summed E-state index contributed by atoms with van der Waals surface area (Å²) in [6, 6.07) is 12.0. The first-order valence-electron chi connectivity index (χ1n) is 9.44. The summed E-state index contributed by atoms with van der Waals surface area (Å²) in [5.41, 5.74) is 2.09. The maximum Gasteiger partial charge on any atom is 0.326 e. The molecular weight excluding hydrogens is 388 g/mol. The van der Waals surface area contributed by atoms with Gasteiger partial charge in [-0.1, -0.05) is 24.8 Å².